The van der Waals surface area contributed by atoms with Crippen LogP contribution in [0.25, 0.3) is 21.8 Å². The minimum Gasteiger partial charge on any atom is -0.487 e. The highest BCUT2D eigenvalue weighted by molar-refractivity contribution is 7.13. The zero-order chi connectivity index (χ0) is 14.9. The van der Waals surface area contributed by atoms with E-state index < -0.39 is 0 Å². The molecule has 0 bridgehead atoms. The smallest absolute Gasteiger partial charge is 0.142 e. The lowest BCUT2D eigenvalue weighted by molar-refractivity contribution is 0.226. The molecule has 1 aliphatic rings. The summed E-state index contributed by atoms with van der Waals surface area (Å²) in [5, 5.41) is 6.47. The second-order valence-electron chi connectivity index (χ2n) is 5.30. The molecular formula is C17H15N3OS. The van der Waals surface area contributed by atoms with Gasteiger partial charge in [0.25, 0.3) is 0 Å². The maximum atomic E-state index is 5.81. The molecule has 0 spiro atoms. The highest BCUT2D eigenvalue weighted by atomic mass is 32.1. The van der Waals surface area contributed by atoms with Crippen LogP contribution in [0.3, 0.4) is 0 Å². The number of hydrogen-bond acceptors (Lipinski definition) is 5. The van der Waals surface area contributed by atoms with E-state index in [1.165, 1.54) is 0 Å². The summed E-state index contributed by atoms with van der Waals surface area (Å²) in [6.07, 6.45) is 3.82. The van der Waals surface area contributed by atoms with E-state index in [0.29, 0.717) is 0 Å². The number of anilines is 1. The van der Waals surface area contributed by atoms with E-state index in [2.05, 4.69) is 34.7 Å². The predicted octanol–water partition coefficient (Wildman–Crippen LogP) is 4.06. The van der Waals surface area contributed by atoms with Gasteiger partial charge in [-0.05, 0) is 37.3 Å². The molecule has 0 amide bonds. The summed E-state index contributed by atoms with van der Waals surface area (Å²) >= 11 is 1.63. The fourth-order valence-corrected chi connectivity index (χ4v) is 3.29. The van der Waals surface area contributed by atoms with E-state index in [0.717, 1.165) is 39.8 Å². The number of aromatic nitrogens is 2. The van der Waals surface area contributed by atoms with Crippen molar-refractivity contribution >= 4 is 17.0 Å². The van der Waals surface area contributed by atoms with Gasteiger partial charge in [0, 0.05) is 28.9 Å². The Kier molecular flexibility index (Phi) is 3.27. The van der Waals surface area contributed by atoms with Crippen LogP contribution in [0.15, 0.2) is 48.1 Å². The van der Waals surface area contributed by atoms with Gasteiger partial charge in [0.1, 0.15) is 16.9 Å². The SMILES string of the molecule is CC1CNc2cc(-c3csc(-c4cccnc4)n3)ccc2O1. The number of pyridine rings is 1. The van der Waals surface area contributed by atoms with Crippen molar-refractivity contribution < 1.29 is 4.74 Å². The molecule has 1 N–H and O–H groups in total. The maximum Gasteiger partial charge on any atom is 0.142 e. The van der Waals surface area contributed by atoms with Gasteiger partial charge in [-0.2, -0.15) is 0 Å². The molecule has 0 saturated carbocycles. The van der Waals surface area contributed by atoms with Crippen LogP contribution >= 0.6 is 11.3 Å². The number of nitrogens with zero attached hydrogens (tertiary/aromatic N) is 2. The summed E-state index contributed by atoms with van der Waals surface area (Å²) < 4.78 is 5.81. The lowest BCUT2D eigenvalue weighted by Crippen LogP contribution is -2.27. The largest absolute Gasteiger partial charge is 0.487 e. The Labute approximate surface area is 132 Å². The van der Waals surface area contributed by atoms with Gasteiger partial charge in [0.05, 0.1) is 17.9 Å². The van der Waals surface area contributed by atoms with Gasteiger partial charge in [-0.3, -0.25) is 4.98 Å². The minimum absolute atomic E-state index is 0.204. The van der Waals surface area contributed by atoms with Crippen molar-refractivity contribution in [3.8, 4) is 27.6 Å². The van der Waals surface area contributed by atoms with Gasteiger partial charge < -0.3 is 10.1 Å². The highest BCUT2D eigenvalue weighted by Crippen LogP contribution is 2.35. The molecule has 1 aliphatic heterocycles. The van der Waals surface area contributed by atoms with Crippen molar-refractivity contribution in [1.29, 1.82) is 0 Å². The molecule has 0 saturated heterocycles. The molecule has 0 fully saturated rings. The number of benzene rings is 1. The first kappa shape index (κ1) is 13.3. The Morgan fingerprint density at radius 1 is 1.27 bits per heavy atom. The Morgan fingerprint density at radius 2 is 2.23 bits per heavy atom. The minimum atomic E-state index is 0.204. The van der Waals surface area contributed by atoms with Crippen molar-refractivity contribution in [3.63, 3.8) is 0 Å². The van der Waals surface area contributed by atoms with Gasteiger partial charge in [0.15, 0.2) is 0 Å². The van der Waals surface area contributed by atoms with Gasteiger partial charge >= 0.3 is 0 Å². The van der Waals surface area contributed by atoms with E-state index in [-0.39, 0.29) is 6.10 Å². The Bertz CT molecular complexity index is 801. The molecule has 110 valence electrons. The summed E-state index contributed by atoms with van der Waals surface area (Å²) in [6.45, 7) is 2.89. The Morgan fingerprint density at radius 3 is 3.09 bits per heavy atom. The van der Waals surface area contributed by atoms with Gasteiger partial charge in [-0.25, -0.2) is 4.98 Å². The fourth-order valence-electron chi connectivity index (χ4n) is 2.47. The first-order valence-electron chi connectivity index (χ1n) is 7.20. The summed E-state index contributed by atoms with van der Waals surface area (Å²) in [5.74, 6) is 0.908. The van der Waals surface area contributed by atoms with Crippen LogP contribution in [0.2, 0.25) is 0 Å². The van der Waals surface area contributed by atoms with E-state index in [4.69, 9.17) is 9.72 Å². The van der Waals surface area contributed by atoms with Crippen LogP contribution in [0.5, 0.6) is 5.75 Å². The molecule has 5 heteroatoms. The highest BCUT2D eigenvalue weighted by Gasteiger charge is 2.16. The second-order valence-corrected chi connectivity index (χ2v) is 6.16. The average Bonchev–Trinajstić information content (AvgIpc) is 3.05. The summed E-state index contributed by atoms with van der Waals surface area (Å²) in [5.41, 5.74) is 4.15. The predicted molar refractivity (Wildman–Crippen MR) is 89.4 cm³/mol. The lowest BCUT2D eigenvalue weighted by atomic mass is 10.1. The molecule has 0 radical (unpaired) electrons. The van der Waals surface area contributed by atoms with Crippen LogP contribution in [-0.2, 0) is 0 Å². The van der Waals surface area contributed by atoms with Crippen LogP contribution < -0.4 is 10.1 Å². The second kappa shape index (κ2) is 5.42. The average molecular weight is 309 g/mol. The number of thiazole rings is 1. The van der Waals surface area contributed by atoms with E-state index in [1.807, 2.05) is 24.4 Å². The molecule has 1 atom stereocenters. The molecule has 3 aromatic rings. The van der Waals surface area contributed by atoms with Crippen molar-refractivity contribution in [2.75, 3.05) is 11.9 Å². The van der Waals surface area contributed by atoms with Crippen LogP contribution in [-0.4, -0.2) is 22.6 Å². The van der Waals surface area contributed by atoms with Gasteiger partial charge in [-0.15, -0.1) is 11.3 Å². The first-order chi connectivity index (χ1) is 10.8. The third-order valence-corrected chi connectivity index (χ3v) is 4.49. The monoisotopic (exact) mass is 309 g/mol. The van der Waals surface area contributed by atoms with Crippen molar-refractivity contribution in [3.05, 3.63) is 48.1 Å². The number of rotatable bonds is 2. The van der Waals surface area contributed by atoms with Gasteiger partial charge in [-0.1, -0.05) is 0 Å². The van der Waals surface area contributed by atoms with Crippen molar-refractivity contribution in [2.24, 2.45) is 0 Å². The molecule has 1 aromatic carbocycles. The van der Waals surface area contributed by atoms with Crippen LogP contribution in [0.4, 0.5) is 5.69 Å². The quantitative estimate of drug-likeness (QED) is 0.775. The topological polar surface area (TPSA) is 47.0 Å². The number of fused-ring (bicyclic) bond motifs is 1. The van der Waals surface area contributed by atoms with Crippen molar-refractivity contribution in [2.45, 2.75) is 13.0 Å². The standard InChI is InChI=1S/C17H15N3OS/c1-11-8-19-14-7-12(4-5-16(14)21-11)15-10-22-17(20-15)13-3-2-6-18-9-13/h2-7,9-11,19H,8H2,1H3. The Hall–Kier alpha value is -2.40. The van der Waals surface area contributed by atoms with E-state index in [9.17, 15) is 0 Å². The molecule has 1 unspecified atom stereocenters. The number of hydrogen-bond donors (Lipinski definition) is 1. The molecule has 2 aromatic heterocycles. The molecule has 22 heavy (non-hydrogen) atoms. The summed E-state index contributed by atoms with van der Waals surface area (Å²) in [6, 6.07) is 10.1. The zero-order valence-electron chi connectivity index (χ0n) is 12.1. The molecule has 4 rings (SSSR count). The number of ether oxygens (including phenoxy) is 1. The summed E-state index contributed by atoms with van der Waals surface area (Å²) in [4.78, 5) is 8.87. The van der Waals surface area contributed by atoms with E-state index in [1.54, 1.807) is 17.5 Å². The van der Waals surface area contributed by atoms with Crippen molar-refractivity contribution in [1.82, 2.24) is 9.97 Å². The summed E-state index contributed by atoms with van der Waals surface area (Å²) in [7, 11) is 0. The van der Waals surface area contributed by atoms with E-state index >= 15 is 0 Å². The third kappa shape index (κ3) is 2.44. The fraction of sp³-hybridized carbons (Fsp3) is 0.176. The first-order valence-corrected chi connectivity index (χ1v) is 8.08. The maximum absolute atomic E-state index is 5.81. The Balaban J connectivity index is 1.67. The molecule has 3 heterocycles. The third-order valence-electron chi connectivity index (χ3n) is 3.60. The lowest BCUT2D eigenvalue weighted by Gasteiger charge is -2.25. The molecule has 0 aliphatic carbocycles. The zero-order valence-corrected chi connectivity index (χ0v) is 12.9. The normalized spacial score (nSPS) is 16.5. The molecular weight excluding hydrogens is 294 g/mol. The van der Waals surface area contributed by atoms with Gasteiger partial charge in [0.2, 0.25) is 0 Å². The molecule has 4 nitrogen and oxygen atoms in total. The van der Waals surface area contributed by atoms with Crippen LogP contribution in [0.1, 0.15) is 6.92 Å². The number of nitrogens with one attached hydrogen (secondary N) is 1. The van der Waals surface area contributed by atoms with Crippen LogP contribution in [0, 0.1) is 0 Å².